The van der Waals surface area contributed by atoms with Gasteiger partial charge in [0.05, 0.1) is 0 Å². The van der Waals surface area contributed by atoms with Crippen LogP contribution in [0.15, 0.2) is 60.7 Å². The topological polar surface area (TPSA) is 20.2 Å². The van der Waals surface area contributed by atoms with Crippen LogP contribution in [0.4, 0.5) is 0 Å². The van der Waals surface area contributed by atoms with Gasteiger partial charge in [0.15, 0.2) is 0 Å². The Kier molecular flexibility index (Phi) is 9.73. The van der Waals surface area contributed by atoms with Gasteiger partial charge in [0, 0.05) is 6.61 Å². The summed E-state index contributed by atoms with van der Waals surface area (Å²) < 4.78 is 0. The minimum Gasteiger partial charge on any atom is -0.397 e. The Labute approximate surface area is 108 Å². The normalized spacial score (nSPS) is 9.31. The van der Waals surface area contributed by atoms with Crippen LogP contribution >= 0.6 is 0 Å². The Morgan fingerprint density at radius 3 is 2.12 bits per heavy atom. The second-order valence-corrected chi connectivity index (χ2v) is 3.10. The van der Waals surface area contributed by atoms with Gasteiger partial charge in [0.2, 0.25) is 0 Å². The molecule has 0 aliphatic rings. The zero-order valence-corrected chi connectivity index (χ0v) is 10.2. The van der Waals surface area contributed by atoms with E-state index in [9.17, 15) is 0 Å². The summed E-state index contributed by atoms with van der Waals surface area (Å²) in [6.45, 7) is 0.233. The van der Waals surface area contributed by atoms with E-state index in [2.05, 4.69) is 0 Å². The molecule has 0 unspecified atom stereocenters. The van der Waals surface area contributed by atoms with Crippen LogP contribution in [-0.2, 0) is 17.1 Å². The molecule has 0 aliphatic heterocycles. The summed E-state index contributed by atoms with van der Waals surface area (Å²) in [4.78, 5) is 0. The molecule has 0 saturated carbocycles. The molecule has 16 heavy (non-hydrogen) atoms. The summed E-state index contributed by atoms with van der Waals surface area (Å²) in [6, 6.07) is 18.1. The van der Waals surface area contributed by atoms with Crippen molar-refractivity contribution in [3.8, 4) is 0 Å². The van der Waals surface area contributed by atoms with Crippen molar-refractivity contribution in [3.05, 3.63) is 66.2 Å². The predicted octanol–water partition coefficient (Wildman–Crippen LogP) is 3.20. The summed E-state index contributed by atoms with van der Waals surface area (Å²) in [7, 11) is 0. The first kappa shape index (κ1) is 14.9. The fourth-order valence-electron chi connectivity index (χ4n) is 1.11. The monoisotopic (exact) mass is 256 g/mol. The number of rotatable bonds is 3. The molecule has 0 radical (unpaired) electrons. The van der Waals surface area contributed by atoms with Crippen LogP contribution in [0.1, 0.15) is 12.0 Å². The first-order valence-electron chi connectivity index (χ1n) is 5.09. The zero-order chi connectivity index (χ0) is 10.8. The molecule has 0 atom stereocenters. The second-order valence-electron chi connectivity index (χ2n) is 3.10. The van der Waals surface area contributed by atoms with Gasteiger partial charge >= 0.3 is 17.1 Å². The van der Waals surface area contributed by atoms with Gasteiger partial charge in [-0.05, 0) is 6.42 Å². The van der Waals surface area contributed by atoms with E-state index in [0.717, 1.165) is 6.42 Å². The molecular formula is C14H16FeO. The van der Waals surface area contributed by atoms with Crippen LogP contribution in [0, 0.1) is 0 Å². The van der Waals surface area contributed by atoms with Crippen LogP contribution in [0.3, 0.4) is 0 Å². The Bertz CT molecular complexity index is 315. The van der Waals surface area contributed by atoms with Crippen molar-refractivity contribution >= 4 is 6.08 Å². The maximum absolute atomic E-state index is 8.44. The van der Waals surface area contributed by atoms with E-state index in [4.69, 9.17) is 5.11 Å². The van der Waals surface area contributed by atoms with Crippen LogP contribution in [0.25, 0.3) is 6.08 Å². The molecule has 0 aliphatic carbocycles. The SMILES string of the molecule is OCCC=C[c-]1cccc1.[Fe+2].c1cc[cH-]c1. The standard InChI is InChI=1S/C9H11O.C5H5.Fe/c10-8-4-3-7-9-5-1-2-6-9;1-2-4-5-3-1;/h1-3,5-7,10H,4,8H2;1-5H;/q2*-1;+2. The van der Waals surface area contributed by atoms with Gasteiger partial charge in [0.1, 0.15) is 0 Å². The van der Waals surface area contributed by atoms with E-state index in [0.29, 0.717) is 0 Å². The molecule has 86 valence electrons. The fourth-order valence-corrected chi connectivity index (χ4v) is 1.11. The third-order valence-corrected chi connectivity index (χ3v) is 1.85. The predicted molar refractivity (Wildman–Crippen MR) is 64.8 cm³/mol. The Balaban J connectivity index is 0.000000318. The molecule has 0 heterocycles. The molecule has 2 aromatic carbocycles. The van der Waals surface area contributed by atoms with E-state index in [-0.39, 0.29) is 23.7 Å². The van der Waals surface area contributed by atoms with Crippen molar-refractivity contribution in [2.75, 3.05) is 6.61 Å². The van der Waals surface area contributed by atoms with E-state index in [1.165, 1.54) is 5.56 Å². The molecule has 0 spiro atoms. The zero-order valence-electron chi connectivity index (χ0n) is 9.07. The van der Waals surface area contributed by atoms with E-state index in [1.54, 1.807) is 0 Å². The minimum atomic E-state index is 0. The summed E-state index contributed by atoms with van der Waals surface area (Å²) in [6.07, 6.45) is 4.72. The van der Waals surface area contributed by atoms with Crippen LogP contribution < -0.4 is 0 Å². The van der Waals surface area contributed by atoms with Gasteiger partial charge in [-0.2, -0.15) is 36.4 Å². The van der Waals surface area contributed by atoms with Crippen molar-refractivity contribution in [3.63, 3.8) is 0 Å². The first-order valence-corrected chi connectivity index (χ1v) is 5.09. The maximum atomic E-state index is 8.44. The molecule has 2 aromatic rings. The molecule has 1 N–H and O–H groups in total. The Morgan fingerprint density at radius 2 is 1.69 bits per heavy atom. The van der Waals surface area contributed by atoms with Crippen LogP contribution in [0.2, 0.25) is 0 Å². The van der Waals surface area contributed by atoms with E-state index in [1.807, 2.05) is 66.7 Å². The molecule has 0 aromatic heterocycles. The minimum absolute atomic E-state index is 0. The van der Waals surface area contributed by atoms with Crippen molar-refractivity contribution in [2.45, 2.75) is 6.42 Å². The number of aliphatic hydroxyl groups excluding tert-OH is 1. The van der Waals surface area contributed by atoms with Gasteiger partial charge in [-0.1, -0.05) is 0 Å². The largest absolute Gasteiger partial charge is 2.00 e. The van der Waals surface area contributed by atoms with Crippen molar-refractivity contribution < 1.29 is 22.2 Å². The van der Waals surface area contributed by atoms with E-state index < -0.39 is 0 Å². The molecule has 2 rings (SSSR count). The fraction of sp³-hybridized carbons (Fsp3) is 0.143. The molecule has 0 bridgehead atoms. The van der Waals surface area contributed by atoms with Crippen molar-refractivity contribution in [1.29, 1.82) is 0 Å². The molecule has 0 amide bonds. The van der Waals surface area contributed by atoms with Gasteiger partial charge in [-0.15, -0.1) is 23.8 Å². The summed E-state index contributed by atoms with van der Waals surface area (Å²) in [5, 5.41) is 8.44. The van der Waals surface area contributed by atoms with Gasteiger partial charge in [0.25, 0.3) is 0 Å². The first-order chi connectivity index (χ1) is 7.43. The average Bonchev–Trinajstić information content (AvgIpc) is 2.94. The Hall–Kier alpha value is -1.08. The molecule has 0 saturated heterocycles. The summed E-state index contributed by atoms with van der Waals surface area (Å²) in [5.41, 5.74) is 1.20. The summed E-state index contributed by atoms with van der Waals surface area (Å²) >= 11 is 0. The maximum Gasteiger partial charge on any atom is 2.00 e. The van der Waals surface area contributed by atoms with Crippen molar-refractivity contribution in [2.24, 2.45) is 0 Å². The van der Waals surface area contributed by atoms with E-state index >= 15 is 0 Å². The third-order valence-electron chi connectivity index (χ3n) is 1.85. The van der Waals surface area contributed by atoms with Crippen LogP contribution in [0.5, 0.6) is 0 Å². The molecule has 0 fully saturated rings. The number of hydrogen-bond acceptors (Lipinski definition) is 1. The van der Waals surface area contributed by atoms with Gasteiger partial charge in [-0.25, -0.2) is 12.1 Å². The van der Waals surface area contributed by atoms with Crippen LogP contribution in [-0.4, -0.2) is 11.7 Å². The molecular weight excluding hydrogens is 240 g/mol. The molecule has 2 heteroatoms. The van der Waals surface area contributed by atoms with Gasteiger partial charge < -0.3 is 5.11 Å². The number of aliphatic hydroxyl groups is 1. The third kappa shape index (κ3) is 7.24. The second kappa shape index (κ2) is 10.4. The average molecular weight is 256 g/mol. The molecule has 1 nitrogen and oxygen atoms in total. The van der Waals surface area contributed by atoms with Gasteiger partial charge in [-0.3, -0.25) is 0 Å². The summed E-state index contributed by atoms with van der Waals surface area (Å²) in [5.74, 6) is 0. The quantitative estimate of drug-likeness (QED) is 0.660. The number of hydrogen-bond donors (Lipinski definition) is 1. The smallest absolute Gasteiger partial charge is 0.397 e. The van der Waals surface area contributed by atoms with Crippen molar-refractivity contribution in [1.82, 2.24) is 0 Å². The Morgan fingerprint density at radius 1 is 1.06 bits per heavy atom.